The van der Waals surface area contributed by atoms with Crippen LogP contribution in [0.1, 0.15) is 56.2 Å². The summed E-state index contributed by atoms with van der Waals surface area (Å²) in [6.07, 6.45) is 5.98. The van der Waals surface area contributed by atoms with Gasteiger partial charge in [-0.05, 0) is 37.1 Å². The second kappa shape index (κ2) is 16.4. The summed E-state index contributed by atoms with van der Waals surface area (Å²) in [5.41, 5.74) is 8.94. The molecule has 16 heteroatoms. The van der Waals surface area contributed by atoms with E-state index in [1.807, 2.05) is 28.2 Å². The number of allylic oxidation sites excluding steroid dienone is 2. The van der Waals surface area contributed by atoms with Gasteiger partial charge >= 0.3 is 5.91 Å². The third kappa shape index (κ3) is 7.78. The van der Waals surface area contributed by atoms with Gasteiger partial charge in [-0.2, -0.15) is 4.99 Å². The molecule has 0 bridgehead atoms. The molecule has 3 aromatic heterocycles. The molecule has 52 heavy (non-hydrogen) atoms. The number of carbonyl (C=O) groups excluding carboxylic acids is 3. The first kappa shape index (κ1) is 36.5. The molecule has 0 radical (unpaired) electrons. The van der Waals surface area contributed by atoms with Crippen LogP contribution in [-0.2, 0) is 24.2 Å². The monoisotopic (exact) mass is 730 g/mol. The Bertz CT molecular complexity index is 2210. The Balaban J connectivity index is 1.32. The smallest absolute Gasteiger partial charge is 0.317 e. The van der Waals surface area contributed by atoms with Gasteiger partial charge in [-0.1, -0.05) is 30.4 Å². The first-order chi connectivity index (χ1) is 25.2. The van der Waals surface area contributed by atoms with Gasteiger partial charge in [0.1, 0.15) is 28.8 Å². The molecule has 0 spiro atoms. The summed E-state index contributed by atoms with van der Waals surface area (Å²) in [6.45, 7) is 8.86. The lowest BCUT2D eigenvalue weighted by Crippen LogP contribution is -2.37. The molecule has 1 aliphatic rings. The van der Waals surface area contributed by atoms with Crippen molar-refractivity contribution >= 4 is 56.6 Å². The standard InChI is InChI=1S/C36H42N8O7S/c1-5-25-32(51-22(2)39-25)34(47)41-36-44(31-27(48-4)17-23(21-45)18-29(31)52-36)11-7-6-10-43-30-26(40-35(43)38-3)19-24(33(37)46)20-28(30)50-14-8-9-42-12-15-49-16-13-42/h6-7,17-21H,5,8-16H2,1-4H3,(H2,37,46)(H,38,40)/b7-6+,41-36?. The molecule has 1 fully saturated rings. The predicted molar refractivity (Wildman–Crippen MR) is 197 cm³/mol. The number of rotatable bonds is 15. The van der Waals surface area contributed by atoms with Crippen LogP contribution in [0.15, 0.2) is 45.8 Å². The number of hydrogen-bond acceptors (Lipinski definition) is 12. The number of aromatic nitrogens is 4. The van der Waals surface area contributed by atoms with Gasteiger partial charge in [0.25, 0.3) is 0 Å². The number of nitrogens with zero attached hydrogens (tertiary/aromatic N) is 6. The number of morpholine rings is 1. The maximum atomic E-state index is 13.4. The number of carbonyl (C=O) groups is 3. The van der Waals surface area contributed by atoms with Crippen LogP contribution in [0.25, 0.3) is 21.3 Å². The fraction of sp³-hybridized carbons (Fsp3) is 0.389. The van der Waals surface area contributed by atoms with Gasteiger partial charge in [-0.25, -0.2) is 9.97 Å². The van der Waals surface area contributed by atoms with Crippen LogP contribution in [0.3, 0.4) is 0 Å². The molecule has 1 aliphatic heterocycles. The first-order valence-corrected chi connectivity index (χ1v) is 17.9. The SMILES string of the molecule is CCc1nc(C)oc1C(=O)N=c1sc2cc(C=O)cc(OC)c2n1C/C=C/Cn1c(NC)nc2cc(C(N)=O)cc(OCCCN3CCOCC3)c21. The molecule has 3 N–H and O–H groups in total. The number of fused-ring (bicyclic) bond motifs is 2. The van der Waals surface area contributed by atoms with E-state index < -0.39 is 11.8 Å². The number of nitrogens with two attached hydrogens (primary N) is 1. The number of methoxy groups -OCH3 is 1. The lowest BCUT2D eigenvalue weighted by Gasteiger charge is -2.26. The molecule has 0 unspecified atom stereocenters. The highest BCUT2D eigenvalue weighted by Gasteiger charge is 2.21. The van der Waals surface area contributed by atoms with Crippen LogP contribution in [-0.4, -0.2) is 95.7 Å². The number of nitrogens with one attached hydrogen (secondary N) is 1. The predicted octanol–water partition coefficient (Wildman–Crippen LogP) is 3.97. The summed E-state index contributed by atoms with van der Waals surface area (Å²) in [6, 6.07) is 6.73. The number of hydrogen-bond donors (Lipinski definition) is 2. The minimum atomic E-state index is -0.569. The third-order valence-electron chi connectivity index (χ3n) is 8.69. The second-order valence-corrected chi connectivity index (χ2v) is 13.1. The Hall–Kier alpha value is -5.32. The second-order valence-electron chi connectivity index (χ2n) is 12.1. The maximum Gasteiger partial charge on any atom is 0.317 e. The van der Waals surface area contributed by atoms with Gasteiger partial charge in [0.05, 0.1) is 42.8 Å². The fourth-order valence-electron chi connectivity index (χ4n) is 6.19. The number of anilines is 1. The summed E-state index contributed by atoms with van der Waals surface area (Å²) in [7, 11) is 3.31. The van der Waals surface area contributed by atoms with Crippen LogP contribution >= 0.6 is 11.3 Å². The molecule has 2 amide bonds. The molecular formula is C36H42N8O7S. The van der Waals surface area contributed by atoms with Crippen molar-refractivity contribution in [2.24, 2.45) is 10.7 Å². The van der Waals surface area contributed by atoms with Gasteiger partial charge in [0.15, 0.2) is 10.7 Å². The molecule has 4 heterocycles. The van der Waals surface area contributed by atoms with E-state index in [4.69, 9.17) is 29.3 Å². The summed E-state index contributed by atoms with van der Waals surface area (Å²) < 4.78 is 27.6. The number of amides is 2. The number of primary amides is 1. The number of thiazole rings is 1. The van der Waals surface area contributed by atoms with E-state index >= 15 is 0 Å². The van der Waals surface area contributed by atoms with Crippen molar-refractivity contribution in [2.45, 2.75) is 39.8 Å². The summed E-state index contributed by atoms with van der Waals surface area (Å²) in [5, 5.41) is 3.15. The van der Waals surface area contributed by atoms with E-state index in [0.29, 0.717) is 82.1 Å². The Labute approximate surface area is 303 Å². The highest BCUT2D eigenvalue weighted by molar-refractivity contribution is 7.16. The Morgan fingerprint density at radius 1 is 1.08 bits per heavy atom. The Kier molecular flexibility index (Phi) is 11.5. The van der Waals surface area contributed by atoms with Crippen LogP contribution in [0.2, 0.25) is 0 Å². The van der Waals surface area contributed by atoms with Gasteiger partial charge in [0, 0.05) is 57.8 Å². The number of imidazole rings is 1. The van der Waals surface area contributed by atoms with E-state index in [-0.39, 0.29) is 5.76 Å². The molecule has 0 atom stereocenters. The van der Waals surface area contributed by atoms with Crippen molar-refractivity contribution < 1.29 is 33.0 Å². The zero-order valence-electron chi connectivity index (χ0n) is 29.6. The maximum absolute atomic E-state index is 13.4. The van der Waals surface area contributed by atoms with Gasteiger partial charge in [-0.3, -0.25) is 19.3 Å². The summed E-state index contributed by atoms with van der Waals surface area (Å²) in [5.74, 6) is 0.935. The van der Waals surface area contributed by atoms with Crippen LogP contribution < -0.4 is 25.3 Å². The van der Waals surface area contributed by atoms with E-state index in [2.05, 4.69) is 20.2 Å². The van der Waals surface area contributed by atoms with Gasteiger partial charge in [-0.15, -0.1) is 0 Å². The lowest BCUT2D eigenvalue weighted by atomic mass is 10.1. The average Bonchev–Trinajstić information content (AvgIpc) is 3.83. The number of ether oxygens (including phenoxy) is 3. The van der Waals surface area contributed by atoms with Crippen LogP contribution in [0.5, 0.6) is 11.5 Å². The quantitative estimate of drug-likeness (QED) is 0.0904. The van der Waals surface area contributed by atoms with Crippen molar-refractivity contribution in [1.82, 2.24) is 24.0 Å². The number of benzene rings is 2. The Morgan fingerprint density at radius 3 is 2.54 bits per heavy atom. The van der Waals surface area contributed by atoms with Gasteiger partial charge < -0.3 is 38.8 Å². The molecule has 0 aliphatic carbocycles. The number of oxazole rings is 1. The zero-order valence-corrected chi connectivity index (χ0v) is 30.5. The minimum Gasteiger partial charge on any atom is -0.494 e. The van der Waals surface area contributed by atoms with E-state index in [0.717, 1.165) is 55.8 Å². The third-order valence-corrected chi connectivity index (χ3v) is 9.71. The number of aryl methyl sites for hydroxylation is 2. The summed E-state index contributed by atoms with van der Waals surface area (Å²) in [4.78, 5) is 53.6. The van der Waals surface area contributed by atoms with Crippen molar-refractivity contribution in [3.8, 4) is 11.5 Å². The van der Waals surface area contributed by atoms with E-state index in [1.54, 1.807) is 38.2 Å². The largest absolute Gasteiger partial charge is 0.494 e. The van der Waals surface area contributed by atoms with Crippen LogP contribution in [0, 0.1) is 6.92 Å². The Morgan fingerprint density at radius 2 is 1.85 bits per heavy atom. The zero-order chi connectivity index (χ0) is 36.8. The molecule has 5 aromatic rings. The molecule has 15 nitrogen and oxygen atoms in total. The van der Waals surface area contributed by atoms with Crippen molar-refractivity contribution in [3.63, 3.8) is 0 Å². The number of aldehydes is 1. The van der Waals surface area contributed by atoms with Crippen molar-refractivity contribution in [3.05, 3.63) is 69.7 Å². The molecule has 0 saturated carbocycles. The van der Waals surface area contributed by atoms with Crippen molar-refractivity contribution in [2.75, 3.05) is 58.9 Å². The molecule has 6 rings (SSSR count). The lowest BCUT2D eigenvalue weighted by molar-refractivity contribution is 0.0358. The van der Waals surface area contributed by atoms with E-state index in [9.17, 15) is 14.4 Å². The van der Waals surface area contributed by atoms with Crippen LogP contribution in [0.4, 0.5) is 5.95 Å². The summed E-state index contributed by atoms with van der Waals surface area (Å²) >= 11 is 1.27. The highest BCUT2D eigenvalue weighted by Crippen LogP contribution is 2.32. The molecular weight excluding hydrogens is 689 g/mol. The molecule has 2 aromatic carbocycles. The normalized spacial score (nSPS) is 14.1. The van der Waals surface area contributed by atoms with Crippen molar-refractivity contribution in [1.29, 1.82) is 0 Å². The van der Waals surface area contributed by atoms with Gasteiger partial charge in [0.2, 0.25) is 17.6 Å². The fourth-order valence-corrected chi connectivity index (χ4v) is 7.30. The van der Waals surface area contributed by atoms with E-state index in [1.165, 1.54) is 18.4 Å². The minimum absolute atomic E-state index is 0.102. The average molecular weight is 731 g/mol. The molecule has 1 saturated heterocycles. The highest BCUT2D eigenvalue weighted by atomic mass is 32.1. The first-order valence-electron chi connectivity index (χ1n) is 17.1. The molecule has 274 valence electrons. The topological polar surface area (TPSA) is 181 Å².